The van der Waals surface area contributed by atoms with Crippen LogP contribution in [0.4, 0.5) is 0 Å². The maximum absolute atomic E-state index is 10.9. The molecule has 2 aromatic rings. The lowest BCUT2D eigenvalue weighted by molar-refractivity contribution is 0.881. The molecular formula is C6H5N5O. The molecule has 0 bridgehead atoms. The number of nitrogens with zero attached hydrogens (tertiary/aromatic N) is 3. The lowest BCUT2D eigenvalue weighted by Gasteiger charge is -1.90. The molecule has 0 aromatic carbocycles. The maximum Gasteiger partial charge on any atom is 0.220 e. The Morgan fingerprint density at radius 2 is 2.33 bits per heavy atom. The summed E-state index contributed by atoms with van der Waals surface area (Å²) in [4.78, 5) is 13.7. The van der Waals surface area contributed by atoms with Gasteiger partial charge in [-0.25, -0.2) is 0 Å². The van der Waals surface area contributed by atoms with E-state index in [2.05, 4.69) is 25.6 Å². The van der Waals surface area contributed by atoms with Crippen molar-refractivity contribution < 1.29 is 0 Å². The van der Waals surface area contributed by atoms with Gasteiger partial charge in [0.1, 0.15) is 0 Å². The summed E-state index contributed by atoms with van der Waals surface area (Å²) in [7, 11) is 0. The lowest BCUT2D eigenvalue weighted by atomic mass is 10.3. The zero-order valence-electron chi connectivity index (χ0n) is 5.98. The smallest absolute Gasteiger partial charge is 0.220 e. The molecule has 2 heterocycles. The van der Waals surface area contributed by atoms with Crippen molar-refractivity contribution in [1.82, 2.24) is 25.6 Å². The van der Waals surface area contributed by atoms with E-state index in [1.165, 1.54) is 18.3 Å². The zero-order valence-corrected chi connectivity index (χ0v) is 5.98. The van der Waals surface area contributed by atoms with Gasteiger partial charge in [0.15, 0.2) is 5.43 Å². The van der Waals surface area contributed by atoms with Crippen LogP contribution in [0.25, 0.3) is 11.5 Å². The van der Waals surface area contributed by atoms with Crippen LogP contribution in [0.5, 0.6) is 0 Å². The summed E-state index contributed by atoms with van der Waals surface area (Å²) in [5, 5.41) is 13.1. The first kappa shape index (κ1) is 6.71. The second kappa shape index (κ2) is 2.57. The third-order valence-corrected chi connectivity index (χ3v) is 1.36. The Morgan fingerprint density at radius 3 is 3.00 bits per heavy atom. The standard InChI is InChI=1S/C6H5N5O/c12-4-1-2-7-5(3-4)6-8-10-11-9-6/h1-3H,(H,7,12)(H,8,9,10,11). The van der Waals surface area contributed by atoms with E-state index in [1.54, 1.807) is 0 Å². The Morgan fingerprint density at radius 1 is 1.42 bits per heavy atom. The van der Waals surface area contributed by atoms with Gasteiger partial charge in [-0.1, -0.05) is 0 Å². The fourth-order valence-electron chi connectivity index (χ4n) is 0.851. The van der Waals surface area contributed by atoms with Gasteiger partial charge >= 0.3 is 0 Å². The monoisotopic (exact) mass is 163 g/mol. The van der Waals surface area contributed by atoms with Gasteiger partial charge in [-0.2, -0.15) is 5.21 Å². The molecule has 0 radical (unpaired) electrons. The highest BCUT2D eigenvalue weighted by Crippen LogP contribution is 2.03. The van der Waals surface area contributed by atoms with E-state index in [1.807, 2.05) is 0 Å². The Balaban J connectivity index is 2.55. The van der Waals surface area contributed by atoms with Crippen LogP contribution < -0.4 is 5.43 Å². The average molecular weight is 163 g/mol. The second-order valence-electron chi connectivity index (χ2n) is 2.17. The van der Waals surface area contributed by atoms with Crippen molar-refractivity contribution in [3.63, 3.8) is 0 Å². The molecule has 6 heteroatoms. The Labute approximate surface area is 66.6 Å². The van der Waals surface area contributed by atoms with Crippen LogP contribution in [0.15, 0.2) is 23.1 Å². The first-order chi connectivity index (χ1) is 5.86. The second-order valence-corrected chi connectivity index (χ2v) is 2.17. The van der Waals surface area contributed by atoms with Gasteiger partial charge in [0.25, 0.3) is 0 Å². The van der Waals surface area contributed by atoms with Crippen LogP contribution >= 0.6 is 0 Å². The normalized spacial score (nSPS) is 10.0. The van der Waals surface area contributed by atoms with Gasteiger partial charge in [0, 0.05) is 18.3 Å². The molecule has 0 aliphatic heterocycles. The van der Waals surface area contributed by atoms with E-state index < -0.39 is 0 Å². The molecule has 0 atom stereocenters. The van der Waals surface area contributed by atoms with E-state index in [4.69, 9.17) is 0 Å². The number of nitrogens with one attached hydrogen (secondary N) is 2. The van der Waals surface area contributed by atoms with E-state index in [0.717, 1.165) is 0 Å². The minimum absolute atomic E-state index is 0.0893. The van der Waals surface area contributed by atoms with Gasteiger partial charge in [-0.3, -0.25) is 4.79 Å². The van der Waals surface area contributed by atoms with Gasteiger partial charge in [-0.15, -0.1) is 10.2 Å². The number of hydrogen-bond acceptors (Lipinski definition) is 4. The fourth-order valence-corrected chi connectivity index (χ4v) is 0.851. The van der Waals surface area contributed by atoms with Crippen molar-refractivity contribution in [1.29, 1.82) is 0 Å². The molecule has 0 amide bonds. The van der Waals surface area contributed by atoms with Crippen LogP contribution in [0, 0.1) is 0 Å². The number of aromatic nitrogens is 5. The first-order valence-electron chi connectivity index (χ1n) is 3.29. The number of rotatable bonds is 1. The molecule has 6 nitrogen and oxygen atoms in total. The van der Waals surface area contributed by atoms with Crippen LogP contribution in [-0.4, -0.2) is 25.6 Å². The van der Waals surface area contributed by atoms with Gasteiger partial charge in [-0.05, 0) is 5.21 Å². The molecular weight excluding hydrogens is 158 g/mol. The summed E-state index contributed by atoms with van der Waals surface area (Å²) in [6.07, 6.45) is 1.54. The molecule has 2 aromatic heterocycles. The molecule has 2 rings (SSSR count). The minimum atomic E-state index is -0.0893. The van der Waals surface area contributed by atoms with Crippen molar-refractivity contribution >= 4 is 0 Å². The highest BCUT2D eigenvalue weighted by atomic mass is 16.1. The first-order valence-corrected chi connectivity index (χ1v) is 3.29. The summed E-state index contributed by atoms with van der Waals surface area (Å²) in [5.41, 5.74) is 0.463. The highest BCUT2D eigenvalue weighted by Gasteiger charge is 2.01. The molecule has 0 aliphatic rings. The van der Waals surface area contributed by atoms with E-state index in [0.29, 0.717) is 11.5 Å². The molecule has 12 heavy (non-hydrogen) atoms. The van der Waals surface area contributed by atoms with Gasteiger partial charge < -0.3 is 4.98 Å². The molecule has 0 fully saturated rings. The van der Waals surface area contributed by atoms with E-state index in [9.17, 15) is 4.79 Å². The molecule has 0 spiro atoms. The zero-order chi connectivity index (χ0) is 8.39. The summed E-state index contributed by atoms with van der Waals surface area (Å²) in [6, 6.07) is 2.83. The molecule has 2 N–H and O–H groups in total. The van der Waals surface area contributed by atoms with Crippen molar-refractivity contribution in [3.05, 3.63) is 28.6 Å². The highest BCUT2D eigenvalue weighted by molar-refractivity contribution is 5.46. The minimum Gasteiger partial charge on any atom is -0.358 e. The van der Waals surface area contributed by atoms with Crippen LogP contribution in [-0.2, 0) is 0 Å². The Bertz CT molecular complexity index is 418. The van der Waals surface area contributed by atoms with Crippen LogP contribution in [0.2, 0.25) is 0 Å². The topological polar surface area (TPSA) is 87.3 Å². The summed E-state index contributed by atoms with van der Waals surface area (Å²) in [5.74, 6) is 0.382. The summed E-state index contributed by atoms with van der Waals surface area (Å²) in [6.45, 7) is 0. The SMILES string of the molecule is O=c1cc[nH]c(-c2nn[nH]n2)c1. The summed E-state index contributed by atoms with van der Waals surface area (Å²) < 4.78 is 0. The number of pyridine rings is 1. The molecule has 60 valence electrons. The third-order valence-electron chi connectivity index (χ3n) is 1.36. The third kappa shape index (κ3) is 1.09. The number of hydrogen-bond donors (Lipinski definition) is 2. The predicted molar refractivity (Wildman–Crippen MR) is 40.2 cm³/mol. The quantitative estimate of drug-likeness (QED) is 0.596. The van der Waals surface area contributed by atoms with Crippen molar-refractivity contribution in [2.24, 2.45) is 0 Å². The van der Waals surface area contributed by atoms with Crippen LogP contribution in [0.3, 0.4) is 0 Å². The Kier molecular flexibility index (Phi) is 1.44. The predicted octanol–water partition coefficient (Wildman–Crippen LogP) is -0.445. The number of aromatic amines is 2. The molecule has 0 unspecified atom stereocenters. The van der Waals surface area contributed by atoms with Crippen molar-refractivity contribution in [2.75, 3.05) is 0 Å². The van der Waals surface area contributed by atoms with Crippen molar-refractivity contribution in [3.8, 4) is 11.5 Å². The Hall–Kier alpha value is -1.98. The molecule has 0 saturated carbocycles. The molecule has 0 saturated heterocycles. The van der Waals surface area contributed by atoms with Gasteiger partial charge in [0.05, 0.1) is 5.69 Å². The van der Waals surface area contributed by atoms with Gasteiger partial charge in [0.2, 0.25) is 5.82 Å². The van der Waals surface area contributed by atoms with E-state index in [-0.39, 0.29) is 5.43 Å². The van der Waals surface area contributed by atoms with Crippen molar-refractivity contribution in [2.45, 2.75) is 0 Å². The van der Waals surface area contributed by atoms with E-state index >= 15 is 0 Å². The maximum atomic E-state index is 10.9. The lowest BCUT2D eigenvalue weighted by Crippen LogP contribution is -1.98. The molecule has 0 aliphatic carbocycles. The largest absolute Gasteiger partial charge is 0.358 e. The number of tetrazole rings is 1. The average Bonchev–Trinajstić information content (AvgIpc) is 2.56. The number of H-pyrrole nitrogens is 2. The van der Waals surface area contributed by atoms with Crippen LogP contribution in [0.1, 0.15) is 0 Å². The fraction of sp³-hybridized carbons (Fsp3) is 0. The summed E-state index contributed by atoms with van der Waals surface area (Å²) >= 11 is 0.